The van der Waals surface area contributed by atoms with Gasteiger partial charge in [-0.1, -0.05) is 29.8 Å². The molecule has 1 atom stereocenters. The zero-order chi connectivity index (χ0) is 15.2. The lowest BCUT2D eigenvalue weighted by Gasteiger charge is -2.13. The van der Waals surface area contributed by atoms with Crippen LogP contribution in [0.15, 0.2) is 48.5 Å². The Labute approximate surface area is 122 Å². The summed E-state index contributed by atoms with van der Waals surface area (Å²) in [6.45, 7) is 1.96. The maximum atomic E-state index is 13.0. The van der Waals surface area contributed by atoms with Crippen LogP contribution in [0.2, 0.25) is 0 Å². The first kappa shape index (κ1) is 15.0. The molecule has 110 valence electrons. The summed E-state index contributed by atoms with van der Waals surface area (Å²) in [6, 6.07) is 12.6. The van der Waals surface area contributed by atoms with Gasteiger partial charge < -0.3 is 15.7 Å². The second-order valence-corrected chi connectivity index (χ2v) is 4.77. The van der Waals surface area contributed by atoms with Crippen LogP contribution in [-0.4, -0.2) is 17.7 Å². The SMILES string of the molecule is Cc1ccc(NC(=O)NCC(O)c2cccc(F)c2)cc1. The fraction of sp³-hybridized carbons (Fsp3) is 0.188. The number of carbonyl (C=O) groups excluding carboxylic acids is 1. The maximum Gasteiger partial charge on any atom is 0.319 e. The number of amides is 2. The van der Waals surface area contributed by atoms with Gasteiger partial charge in [0.05, 0.1) is 6.10 Å². The van der Waals surface area contributed by atoms with E-state index in [0.29, 0.717) is 11.3 Å². The van der Waals surface area contributed by atoms with Crippen LogP contribution in [-0.2, 0) is 0 Å². The van der Waals surface area contributed by atoms with Gasteiger partial charge in [0.2, 0.25) is 0 Å². The predicted octanol–water partition coefficient (Wildman–Crippen LogP) is 2.99. The van der Waals surface area contributed by atoms with Crippen LogP contribution in [0.4, 0.5) is 14.9 Å². The lowest BCUT2D eigenvalue weighted by Crippen LogP contribution is -2.32. The Hall–Kier alpha value is -2.40. The van der Waals surface area contributed by atoms with Crippen LogP contribution in [0.3, 0.4) is 0 Å². The third kappa shape index (κ3) is 4.57. The average molecular weight is 288 g/mol. The molecule has 0 heterocycles. The van der Waals surface area contributed by atoms with Gasteiger partial charge in [-0.3, -0.25) is 0 Å². The van der Waals surface area contributed by atoms with Crippen molar-refractivity contribution in [2.24, 2.45) is 0 Å². The minimum absolute atomic E-state index is 0.00114. The van der Waals surface area contributed by atoms with Gasteiger partial charge in [0.15, 0.2) is 0 Å². The minimum atomic E-state index is -0.954. The molecule has 0 aliphatic heterocycles. The molecule has 0 aromatic heterocycles. The number of aliphatic hydroxyl groups excluding tert-OH is 1. The average Bonchev–Trinajstić information content (AvgIpc) is 2.47. The molecule has 2 rings (SSSR count). The number of aryl methyl sites for hydroxylation is 1. The molecule has 1 unspecified atom stereocenters. The van der Waals surface area contributed by atoms with Gasteiger partial charge in [-0.25, -0.2) is 9.18 Å². The Bertz CT molecular complexity index is 614. The molecule has 0 aliphatic rings. The van der Waals surface area contributed by atoms with Crippen molar-refractivity contribution in [2.75, 3.05) is 11.9 Å². The number of urea groups is 1. The van der Waals surface area contributed by atoms with Gasteiger partial charge >= 0.3 is 6.03 Å². The zero-order valence-corrected chi connectivity index (χ0v) is 11.6. The standard InChI is InChI=1S/C16H17FN2O2/c1-11-5-7-14(8-6-11)19-16(21)18-10-15(20)12-3-2-4-13(17)9-12/h2-9,15,20H,10H2,1H3,(H2,18,19,21). The molecule has 0 aliphatic carbocycles. The molecule has 0 radical (unpaired) electrons. The lowest BCUT2D eigenvalue weighted by molar-refractivity contribution is 0.174. The van der Waals surface area contributed by atoms with Gasteiger partial charge in [0.1, 0.15) is 5.82 Å². The second-order valence-electron chi connectivity index (χ2n) is 4.77. The van der Waals surface area contributed by atoms with Crippen molar-refractivity contribution in [3.05, 3.63) is 65.5 Å². The van der Waals surface area contributed by atoms with E-state index in [1.165, 1.54) is 18.2 Å². The normalized spacial score (nSPS) is 11.8. The van der Waals surface area contributed by atoms with E-state index in [-0.39, 0.29) is 6.54 Å². The molecule has 0 spiro atoms. The van der Waals surface area contributed by atoms with Crippen molar-refractivity contribution in [3.8, 4) is 0 Å². The highest BCUT2D eigenvalue weighted by atomic mass is 19.1. The molecule has 0 fully saturated rings. The Morgan fingerprint density at radius 2 is 1.95 bits per heavy atom. The highest BCUT2D eigenvalue weighted by Gasteiger charge is 2.10. The lowest BCUT2D eigenvalue weighted by atomic mass is 10.1. The number of benzene rings is 2. The van der Waals surface area contributed by atoms with E-state index >= 15 is 0 Å². The number of anilines is 1. The zero-order valence-electron chi connectivity index (χ0n) is 11.6. The summed E-state index contributed by atoms with van der Waals surface area (Å²) in [6.07, 6.45) is -0.954. The monoisotopic (exact) mass is 288 g/mol. The van der Waals surface area contributed by atoms with Crippen LogP contribution in [0, 0.1) is 12.7 Å². The summed E-state index contributed by atoms with van der Waals surface area (Å²) in [5.74, 6) is -0.421. The Morgan fingerprint density at radius 1 is 1.24 bits per heavy atom. The Kier molecular flexibility index (Phi) is 4.90. The highest BCUT2D eigenvalue weighted by Crippen LogP contribution is 2.13. The molecular weight excluding hydrogens is 271 g/mol. The summed E-state index contributed by atoms with van der Waals surface area (Å²) >= 11 is 0. The van der Waals surface area contributed by atoms with E-state index in [1.54, 1.807) is 18.2 Å². The summed E-state index contributed by atoms with van der Waals surface area (Å²) in [5, 5.41) is 15.1. The summed E-state index contributed by atoms with van der Waals surface area (Å²) in [7, 11) is 0. The van der Waals surface area contributed by atoms with Crippen LogP contribution < -0.4 is 10.6 Å². The van der Waals surface area contributed by atoms with Crippen molar-refractivity contribution in [1.29, 1.82) is 0 Å². The van der Waals surface area contributed by atoms with Crippen LogP contribution in [0.1, 0.15) is 17.2 Å². The van der Waals surface area contributed by atoms with Gasteiger partial charge in [0, 0.05) is 12.2 Å². The quantitative estimate of drug-likeness (QED) is 0.810. The molecule has 0 saturated heterocycles. The Balaban J connectivity index is 1.84. The molecule has 2 amide bonds. The predicted molar refractivity (Wildman–Crippen MR) is 79.6 cm³/mol. The molecule has 5 heteroatoms. The van der Waals surface area contributed by atoms with Gasteiger partial charge in [0.25, 0.3) is 0 Å². The van der Waals surface area contributed by atoms with Crippen molar-refractivity contribution >= 4 is 11.7 Å². The highest BCUT2D eigenvalue weighted by molar-refractivity contribution is 5.89. The molecule has 4 nitrogen and oxygen atoms in total. The topological polar surface area (TPSA) is 61.4 Å². The van der Waals surface area contributed by atoms with Crippen molar-refractivity contribution in [3.63, 3.8) is 0 Å². The Morgan fingerprint density at radius 3 is 2.62 bits per heavy atom. The van der Waals surface area contributed by atoms with Gasteiger partial charge in [-0.2, -0.15) is 0 Å². The van der Waals surface area contributed by atoms with Crippen molar-refractivity contribution < 1.29 is 14.3 Å². The first-order valence-electron chi connectivity index (χ1n) is 6.59. The van der Waals surface area contributed by atoms with Crippen molar-refractivity contribution in [1.82, 2.24) is 5.32 Å². The fourth-order valence-corrected chi connectivity index (χ4v) is 1.83. The van der Waals surface area contributed by atoms with Crippen LogP contribution in [0.5, 0.6) is 0 Å². The number of nitrogens with one attached hydrogen (secondary N) is 2. The van der Waals surface area contributed by atoms with E-state index in [2.05, 4.69) is 10.6 Å². The fourth-order valence-electron chi connectivity index (χ4n) is 1.83. The number of halogens is 1. The number of hydrogen-bond donors (Lipinski definition) is 3. The molecule has 0 saturated carbocycles. The second kappa shape index (κ2) is 6.85. The van der Waals surface area contributed by atoms with E-state index in [4.69, 9.17) is 0 Å². The smallest absolute Gasteiger partial charge is 0.319 e. The van der Waals surface area contributed by atoms with E-state index in [0.717, 1.165) is 5.56 Å². The van der Waals surface area contributed by atoms with Gasteiger partial charge in [-0.15, -0.1) is 0 Å². The largest absolute Gasteiger partial charge is 0.387 e. The van der Waals surface area contributed by atoms with Crippen molar-refractivity contribution in [2.45, 2.75) is 13.0 Å². The van der Waals surface area contributed by atoms with Crippen LogP contribution >= 0.6 is 0 Å². The van der Waals surface area contributed by atoms with E-state index in [1.807, 2.05) is 19.1 Å². The molecule has 0 bridgehead atoms. The third-order valence-corrected chi connectivity index (χ3v) is 3.00. The summed E-state index contributed by atoms with van der Waals surface area (Å²) in [5.41, 5.74) is 2.19. The van der Waals surface area contributed by atoms with E-state index < -0.39 is 18.0 Å². The molecule has 2 aromatic rings. The number of carbonyl (C=O) groups is 1. The molecular formula is C16H17FN2O2. The number of aliphatic hydroxyl groups is 1. The number of rotatable bonds is 4. The number of hydrogen-bond acceptors (Lipinski definition) is 2. The molecule has 21 heavy (non-hydrogen) atoms. The minimum Gasteiger partial charge on any atom is -0.387 e. The summed E-state index contributed by atoms with van der Waals surface area (Å²) in [4.78, 5) is 11.7. The van der Waals surface area contributed by atoms with E-state index in [9.17, 15) is 14.3 Å². The molecule has 2 aromatic carbocycles. The molecule has 3 N–H and O–H groups in total. The maximum absolute atomic E-state index is 13.0. The third-order valence-electron chi connectivity index (χ3n) is 3.00. The summed E-state index contributed by atoms with van der Waals surface area (Å²) < 4.78 is 13.0. The first-order valence-corrected chi connectivity index (χ1v) is 6.59. The van der Waals surface area contributed by atoms with Crippen LogP contribution in [0.25, 0.3) is 0 Å². The first-order chi connectivity index (χ1) is 10.0. The van der Waals surface area contributed by atoms with Gasteiger partial charge in [-0.05, 0) is 36.8 Å².